The molecule has 0 heterocycles. The summed E-state index contributed by atoms with van der Waals surface area (Å²) < 4.78 is 28.0. The van der Waals surface area contributed by atoms with Gasteiger partial charge in [0.2, 0.25) is 0 Å². The van der Waals surface area contributed by atoms with E-state index in [2.05, 4.69) is 21.4 Å². The summed E-state index contributed by atoms with van der Waals surface area (Å²) in [5.41, 5.74) is 2.88. The minimum absolute atomic E-state index is 0.0499. The molecule has 3 rings (SSSR count). The Morgan fingerprint density at radius 1 is 1.26 bits per heavy atom. The van der Waals surface area contributed by atoms with E-state index in [1.54, 1.807) is 0 Å². The number of hydrogen-bond donors (Lipinski definition) is 2. The molecular weight excluding hydrogens is 314 g/mol. The van der Waals surface area contributed by atoms with E-state index in [9.17, 15) is 8.78 Å². The van der Waals surface area contributed by atoms with Gasteiger partial charge in [0.15, 0.2) is 0 Å². The molecule has 2 aliphatic carbocycles. The molecule has 0 saturated heterocycles. The smallest absolute Gasteiger partial charge is 0.143 e. The molecule has 104 valence electrons. The minimum Gasteiger partial charge on any atom is -0.271 e. The summed E-state index contributed by atoms with van der Waals surface area (Å²) in [4.78, 5) is 0. The summed E-state index contributed by atoms with van der Waals surface area (Å²) in [5.74, 6) is 6.69. The van der Waals surface area contributed by atoms with E-state index in [4.69, 9.17) is 5.84 Å². The Morgan fingerprint density at radius 2 is 1.95 bits per heavy atom. The molecule has 19 heavy (non-hydrogen) atoms. The number of hydrogen-bond acceptors (Lipinski definition) is 2. The third kappa shape index (κ3) is 2.56. The van der Waals surface area contributed by atoms with E-state index in [1.807, 2.05) is 0 Å². The topological polar surface area (TPSA) is 38.0 Å². The molecule has 0 aromatic heterocycles. The van der Waals surface area contributed by atoms with Crippen LogP contribution in [0, 0.1) is 29.4 Å². The molecule has 3 N–H and O–H groups in total. The number of halogens is 3. The normalized spacial score (nSPS) is 30.2. The molecule has 2 nitrogen and oxygen atoms in total. The summed E-state index contributed by atoms with van der Waals surface area (Å²) in [6.07, 6.45) is 3.90. The largest absolute Gasteiger partial charge is 0.271 e. The van der Waals surface area contributed by atoms with Gasteiger partial charge in [0.05, 0.1) is 4.47 Å². The highest BCUT2D eigenvalue weighted by molar-refractivity contribution is 9.10. The van der Waals surface area contributed by atoms with Crippen LogP contribution >= 0.6 is 15.9 Å². The zero-order valence-corrected chi connectivity index (χ0v) is 12.1. The fraction of sp³-hybridized carbons (Fsp3) is 0.571. The van der Waals surface area contributed by atoms with Gasteiger partial charge in [0.25, 0.3) is 0 Å². The summed E-state index contributed by atoms with van der Waals surface area (Å²) in [6, 6.07) is 2.64. The second kappa shape index (κ2) is 5.11. The molecule has 0 bridgehead atoms. The molecular formula is C14H17BrF2N2. The first-order chi connectivity index (χ1) is 9.10. The Labute approximate surface area is 119 Å². The molecule has 5 heteroatoms. The highest BCUT2D eigenvalue weighted by Gasteiger charge is 2.47. The molecule has 2 fully saturated rings. The van der Waals surface area contributed by atoms with Gasteiger partial charge in [-0.3, -0.25) is 11.3 Å². The number of fused-ring (bicyclic) bond motifs is 1. The van der Waals surface area contributed by atoms with Gasteiger partial charge < -0.3 is 0 Å². The standard InChI is InChI=1S/C14H17BrF2N2/c15-11-1-2-12(16)10(14(11)17)6-13(19-18)9-4-7-3-8(7)5-9/h1-2,7-9,13,19H,3-6,18H2. The van der Waals surface area contributed by atoms with Crippen molar-refractivity contribution in [2.24, 2.45) is 23.6 Å². The van der Waals surface area contributed by atoms with Gasteiger partial charge in [-0.25, -0.2) is 8.78 Å². The Balaban J connectivity index is 1.77. The van der Waals surface area contributed by atoms with E-state index in [-0.39, 0.29) is 11.6 Å². The van der Waals surface area contributed by atoms with Crippen molar-refractivity contribution in [1.82, 2.24) is 5.43 Å². The van der Waals surface area contributed by atoms with Crippen molar-refractivity contribution >= 4 is 15.9 Å². The Kier molecular flexibility index (Phi) is 3.62. The van der Waals surface area contributed by atoms with Crippen LogP contribution in [0.5, 0.6) is 0 Å². The van der Waals surface area contributed by atoms with Crippen molar-refractivity contribution in [2.45, 2.75) is 31.7 Å². The van der Waals surface area contributed by atoms with E-state index < -0.39 is 11.6 Å². The van der Waals surface area contributed by atoms with E-state index >= 15 is 0 Å². The lowest BCUT2D eigenvalue weighted by Crippen LogP contribution is -2.42. The summed E-state index contributed by atoms with van der Waals surface area (Å²) in [6.45, 7) is 0. The maximum atomic E-state index is 14.0. The molecule has 1 aromatic carbocycles. The Bertz CT molecular complexity index is 485. The predicted octanol–water partition coefficient (Wildman–Crippen LogP) is 3.15. The lowest BCUT2D eigenvalue weighted by atomic mass is 9.90. The van der Waals surface area contributed by atoms with Gasteiger partial charge in [0, 0.05) is 11.6 Å². The molecule has 1 aromatic rings. The first kappa shape index (κ1) is 13.5. The van der Waals surface area contributed by atoms with Crippen LogP contribution in [0.25, 0.3) is 0 Å². The lowest BCUT2D eigenvalue weighted by Gasteiger charge is -2.24. The summed E-state index contributed by atoms with van der Waals surface area (Å²) in [7, 11) is 0. The highest BCUT2D eigenvalue weighted by atomic mass is 79.9. The Morgan fingerprint density at radius 3 is 2.58 bits per heavy atom. The molecule has 2 aliphatic rings. The van der Waals surface area contributed by atoms with E-state index in [0.29, 0.717) is 16.8 Å². The first-order valence-electron chi connectivity index (χ1n) is 6.68. The number of benzene rings is 1. The van der Waals surface area contributed by atoms with Crippen LogP contribution in [-0.2, 0) is 6.42 Å². The minimum atomic E-state index is -0.511. The van der Waals surface area contributed by atoms with Crippen LogP contribution in [0.1, 0.15) is 24.8 Å². The van der Waals surface area contributed by atoms with Crippen molar-refractivity contribution in [3.63, 3.8) is 0 Å². The van der Waals surface area contributed by atoms with Crippen molar-refractivity contribution in [3.05, 3.63) is 33.8 Å². The van der Waals surface area contributed by atoms with E-state index in [0.717, 1.165) is 24.7 Å². The number of rotatable bonds is 4. The molecule has 3 atom stereocenters. The maximum absolute atomic E-state index is 14.0. The maximum Gasteiger partial charge on any atom is 0.143 e. The second-order valence-corrected chi connectivity index (χ2v) is 6.64. The van der Waals surface area contributed by atoms with Crippen molar-refractivity contribution in [2.75, 3.05) is 0 Å². The third-order valence-electron chi connectivity index (χ3n) is 4.63. The van der Waals surface area contributed by atoms with Crippen LogP contribution in [0.2, 0.25) is 0 Å². The third-order valence-corrected chi connectivity index (χ3v) is 5.24. The van der Waals surface area contributed by atoms with Gasteiger partial charge in [-0.2, -0.15) is 0 Å². The van der Waals surface area contributed by atoms with Crippen LogP contribution in [0.3, 0.4) is 0 Å². The van der Waals surface area contributed by atoms with Gasteiger partial charge in [-0.05, 0) is 71.5 Å². The number of nitrogens with two attached hydrogens (primary N) is 1. The quantitative estimate of drug-likeness (QED) is 0.505. The lowest BCUT2D eigenvalue weighted by molar-refractivity contribution is 0.329. The molecule has 2 saturated carbocycles. The van der Waals surface area contributed by atoms with Gasteiger partial charge in [-0.1, -0.05) is 0 Å². The fourth-order valence-electron chi connectivity index (χ4n) is 3.43. The molecule has 0 radical (unpaired) electrons. The number of hydrazine groups is 1. The van der Waals surface area contributed by atoms with Crippen molar-refractivity contribution in [3.8, 4) is 0 Å². The zero-order chi connectivity index (χ0) is 13.6. The number of nitrogens with one attached hydrogen (secondary N) is 1. The molecule has 3 unspecified atom stereocenters. The SMILES string of the molecule is NNC(Cc1c(F)ccc(Br)c1F)C1CC2CC2C1. The summed E-state index contributed by atoms with van der Waals surface area (Å²) in [5, 5.41) is 0. The second-order valence-electron chi connectivity index (χ2n) is 5.79. The van der Waals surface area contributed by atoms with Crippen LogP contribution in [-0.4, -0.2) is 6.04 Å². The highest BCUT2D eigenvalue weighted by Crippen LogP contribution is 2.55. The van der Waals surface area contributed by atoms with Gasteiger partial charge >= 0.3 is 0 Å². The molecule has 0 spiro atoms. The molecule has 0 amide bonds. The van der Waals surface area contributed by atoms with Crippen LogP contribution < -0.4 is 11.3 Å². The van der Waals surface area contributed by atoms with Crippen LogP contribution in [0.15, 0.2) is 16.6 Å². The van der Waals surface area contributed by atoms with Crippen LogP contribution in [0.4, 0.5) is 8.78 Å². The Hall–Kier alpha value is -0.520. The molecule has 0 aliphatic heterocycles. The monoisotopic (exact) mass is 330 g/mol. The average molecular weight is 331 g/mol. The zero-order valence-electron chi connectivity index (χ0n) is 10.5. The van der Waals surface area contributed by atoms with E-state index in [1.165, 1.54) is 18.6 Å². The average Bonchev–Trinajstić information content (AvgIpc) is 3.01. The summed E-state index contributed by atoms with van der Waals surface area (Å²) >= 11 is 3.10. The first-order valence-corrected chi connectivity index (χ1v) is 7.48. The van der Waals surface area contributed by atoms with Gasteiger partial charge in [0.1, 0.15) is 11.6 Å². The van der Waals surface area contributed by atoms with Gasteiger partial charge in [-0.15, -0.1) is 0 Å². The van der Waals surface area contributed by atoms with Crippen molar-refractivity contribution in [1.29, 1.82) is 0 Å². The predicted molar refractivity (Wildman–Crippen MR) is 73.2 cm³/mol. The van der Waals surface area contributed by atoms with Crippen molar-refractivity contribution < 1.29 is 8.78 Å². The fourth-order valence-corrected chi connectivity index (χ4v) is 3.80.